The molecule has 6 nitrogen and oxygen atoms in total. The quantitative estimate of drug-likeness (QED) is 0.704. The monoisotopic (exact) mass is 452 g/mol. The smallest absolute Gasteiger partial charge is 0.253 e. The highest BCUT2D eigenvalue weighted by Gasteiger charge is 2.31. The van der Waals surface area contributed by atoms with Gasteiger partial charge in [-0.25, -0.2) is 0 Å². The molecule has 2 amide bonds. The summed E-state index contributed by atoms with van der Waals surface area (Å²) in [7, 11) is 0. The summed E-state index contributed by atoms with van der Waals surface area (Å²) < 4.78 is 0. The van der Waals surface area contributed by atoms with E-state index in [0.29, 0.717) is 31.0 Å². The molecule has 3 atom stereocenters. The van der Waals surface area contributed by atoms with E-state index in [1.54, 1.807) is 18.3 Å². The molecule has 8 heteroatoms. The third-order valence-corrected chi connectivity index (χ3v) is 5.32. The molecule has 3 N–H and O–H groups in total. The Kier molecular flexibility index (Phi) is 10.8. The molecular formula is C22H30Cl2N4O2. The molecule has 1 aliphatic heterocycles. The van der Waals surface area contributed by atoms with Gasteiger partial charge in [0.1, 0.15) is 6.04 Å². The van der Waals surface area contributed by atoms with Gasteiger partial charge >= 0.3 is 0 Å². The number of amides is 2. The average Bonchev–Trinajstić information content (AvgIpc) is 2.74. The van der Waals surface area contributed by atoms with Gasteiger partial charge in [-0.15, -0.1) is 24.8 Å². The Morgan fingerprint density at radius 2 is 1.93 bits per heavy atom. The molecule has 3 unspecified atom stereocenters. The largest absolute Gasteiger partial charge is 0.341 e. The van der Waals surface area contributed by atoms with Crippen LogP contribution >= 0.6 is 24.8 Å². The van der Waals surface area contributed by atoms with Gasteiger partial charge in [-0.05, 0) is 43.4 Å². The Morgan fingerprint density at radius 3 is 2.57 bits per heavy atom. The summed E-state index contributed by atoms with van der Waals surface area (Å²) in [5.41, 5.74) is 7.52. The van der Waals surface area contributed by atoms with E-state index in [-0.39, 0.29) is 42.7 Å². The highest BCUT2D eigenvalue weighted by Crippen LogP contribution is 2.20. The van der Waals surface area contributed by atoms with E-state index in [1.807, 2.05) is 42.2 Å². The van der Waals surface area contributed by atoms with Crippen LogP contribution in [-0.2, 0) is 11.2 Å². The molecule has 1 aliphatic rings. The first-order valence-electron chi connectivity index (χ1n) is 9.84. The lowest BCUT2D eigenvalue weighted by molar-refractivity contribution is -0.135. The van der Waals surface area contributed by atoms with Crippen molar-refractivity contribution in [2.24, 2.45) is 11.7 Å². The van der Waals surface area contributed by atoms with Gasteiger partial charge in [0.05, 0.1) is 5.56 Å². The van der Waals surface area contributed by atoms with Gasteiger partial charge in [0.25, 0.3) is 5.91 Å². The number of hydrogen-bond donors (Lipinski definition) is 2. The Labute approximate surface area is 190 Å². The van der Waals surface area contributed by atoms with Gasteiger partial charge in [-0.2, -0.15) is 0 Å². The predicted octanol–water partition coefficient (Wildman–Crippen LogP) is 2.85. The number of carbonyl (C=O) groups excluding carboxylic acids is 2. The van der Waals surface area contributed by atoms with Crippen LogP contribution in [0.2, 0.25) is 0 Å². The first kappa shape index (κ1) is 25.9. The molecule has 2 aromatic rings. The molecule has 1 saturated heterocycles. The van der Waals surface area contributed by atoms with Crippen LogP contribution in [0.1, 0.15) is 35.7 Å². The van der Waals surface area contributed by atoms with Crippen molar-refractivity contribution in [2.75, 3.05) is 13.1 Å². The summed E-state index contributed by atoms with van der Waals surface area (Å²) in [5.74, 6) is -0.0429. The van der Waals surface area contributed by atoms with E-state index in [2.05, 4.69) is 10.3 Å². The minimum absolute atomic E-state index is 0. The second kappa shape index (κ2) is 12.5. The topological polar surface area (TPSA) is 88.3 Å². The highest BCUT2D eigenvalue weighted by atomic mass is 35.5. The molecule has 1 aromatic heterocycles. The van der Waals surface area contributed by atoms with E-state index in [0.717, 1.165) is 18.4 Å². The number of rotatable bonds is 6. The fourth-order valence-electron chi connectivity index (χ4n) is 3.65. The van der Waals surface area contributed by atoms with E-state index in [1.165, 1.54) is 6.20 Å². The summed E-state index contributed by atoms with van der Waals surface area (Å²) in [6, 6.07) is 12.6. The maximum Gasteiger partial charge on any atom is 0.253 e. The fourth-order valence-corrected chi connectivity index (χ4v) is 3.65. The number of aromatic nitrogens is 1. The molecule has 2 heterocycles. The van der Waals surface area contributed by atoms with Crippen LogP contribution < -0.4 is 11.1 Å². The van der Waals surface area contributed by atoms with E-state index < -0.39 is 6.04 Å². The minimum Gasteiger partial charge on any atom is -0.341 e. The van der Waals surface area contributed by atoms with Crippen LogP contribution in [0.4, 0.5) is 0 Å². The SMILES string of the molecule is CC(N)C1CCCN(C(=O)C(Cc2ccccc2)NC(=O)c2cccnc2)C1.Cl.Cl. The van der Waals surface area contributed by atoms with Crippen molar-refractivity contribution in [3.63, 3.8) is 0 Å². The number of carbonyl (C=O) groups is 2. The molecule has 0 bridgehead atoms. The van der Waals surface area contributed by atoms with Gasteiger partial charge < -0.3 is 16.0 Å². The molecule has 0 radical (unpaired) electrons. The van der Waals surface area contributed by atoms with Crippen LogP contribution in [0, 0.1) is 5.92 Å². The Bertz CT molecular complexity index is 790. The Balaban J connectivity index is 0.00000225. The van der Waals surface area contributed by atoms with Crippen LogP contribution in [-0.4, -0.2) is 46.9 Å². The maximum absolute atomic E-state index is 13.3. The first-order valence-corrected chi connectivity index (χ1v) is 9.84. The number of likely N-dealkylation sites (tertiary alicyclic amines) is 1. The maximum atomic E-state index is 13.3. The van der Waals surface area contributed by atoms with Gasteiger partial charge in [0.15, 0.2) is 0 Å². The number of halogens is 2. The summed E-state index contributed by atoms with van der Waals surface area (Å²) >= 11 is 0. The van der Waals surface area contributed by atoms with Crippen molar-refractivity contribution in [3.05, 3.63) is 66.0 Å². The van der Waals surface area contributed by atoms with Crippen molar-refractivity contribution in [2.45, 2.75) is 38.3 Å². The van der Waals surface area contributed by atoms with Crippen molar-refractivity contribution in [1.82, 2.24) is 15.2 Å². The zero-order valence-electron chi connectivity index (χ0n) is 17.1. The van der Waals surface area contributed by atoms with E-state index in [4.69, 9.17) is 5.73 Å². The molecule has 164 valence electrons. The molecule has 1 aromatic carbocycles. The number of nitrogens with zero attached hydrogens (tertiary/aromatic N) is 2. The summed E-state index contributed by atoms with van der Waals surface area (Å²) in [6.07, 6.45) is 5.54. The molecule has 1 fully saturated rings. The van der Waals surface area contributed by atoms with Crippen LogP contribution in [0.25, 0.3) is 0 Å². The van der Waals surface area contributed by atoms with Crippen molar-refractivity contribution in [3.8, 4) is 0 Å². The third-order valence-electron chi connectivity index (χ3n) is 5.32. The zero-order chi connectivity index (χ0) is 19.9. The molecule has 0 saturated carbocycles. The standard InChI is InChI=1S/C22H28N4O2.2ClH/c1-16(23)19-10-6-12-26(15-19)22(28)20(13-17-7-3-2-4-8-17)25-21(27)18-9-5-11-24-14-18;;/h2-5,7-9,11,14,16,19-20H,6,10,12-13,15,23H2,1H3,(H,25,27);2*1H. The van der Waals surface area contributed by atoms with Crippen LogP contribution in [0.15, 0.2) is 54.9 Å². The lowest BCUT2D eigenvalue weighted by Gasteiger charge is -2.36. The lowest BCUT2D eigenvalue weighted by atomic mass is 9.91. The minimum atomic E-state index is -0.623. The number of hydrogen-bond acceptors (Lipinski definition) is 4. The van der Waals surface area contributed by atoms with Crippen molar-refractivity contribution in [1.29, 1.82) is 0 Å². The van der Waals surface area contributed by atoms with E-state index >= 15 is 0 Å². The van der Waals surface area contributed by atoms with Gasteiger partial charge in [0.2, 0.25) is 5.91 Å². The fraction of sp³-hybridized carbons (Fsp3) is 0.409. The number of piperidine rings is 1. The third kappa shape index (κ3) is 6.97. The molecule has 3 rings (SSSR count). The predicted molar refractivity (Wildman–Crippen MR) is 123 cm³/mol. The second-order valence-corrected chi connectivity index (χ2v) is 7.50. The number of nitrogens with one attached hydrogen (secondary N) is 1. The van der Waals surface area contributed by atoms with Crippen molar-refractivity contribution >= 4 is 36.6 Å². The van der Waals surface area contributed by atoms with Crippen LogP contribution in [0.5, 0.6) is 0 Å². The molecule has 0 spiro atoms. The summed E-state index contributed by atoms with van der Waals surface area (Å²) in [6.45, 7) is 3.34. The van der Waals surface area contributed by atoms with Gasteiger partial charge in [0, 0.05) is 37.9 Å². The second-order valence-electron chi connectivity index (χ2n) is 7.50. The van der Waals surface area contributed by atoms with Crippen LogP contribution in [0.3, 0.4) is 0 Å². The lowest BCUT2D eigenvalue weighted by Crippen LogP contribution is -2.53. The normalized spacial score (nSPS) is 17.7. The highest BCUT2D eigenvalue weighted by molar-refractivity contribution is 5.97. The Hall–Kier alpha value is -2.15. The van der Waals surface area contributed by atoms with Gasteiger partial charge in [-0.1, -0.05) is 30.3 Å². The number of nitrogens with two attached hydrogens (primary N) is 1. The molecule has 0 aliphatic carbocycles. The molecular weight excluding hydrogens is 423 g/mol. The Morgan fingerprint density at radius 1 is 1.20 bits per heavy atom. The van der Waals surface area contributed by atoms with E-state index in [9.17, 15) is 9.59 Å². The summed E-state index contributed by atoms with van der Waals surface area (Å²) in [4.78, 5) is 31.8. The summed E-state index contributed by atoms with van der Waals surface area (Å²) in [5, 5.41) is 2.92. The average molecular weight is 453 g/mol. The molecule has 30 heavy (non-hydrogen) atoms. The van der Waals surface area contributed by atoms with Crippen molar-refractivity contribution < 1.29 is 9.59 Å². The number of pyridine rings is 1. The first-order chi connectivity index (χ1) is 13.5. The van der Waals surface area contributed by atoms with Gasteiger partial charge in [-0.3, -0.25) is 14.6 Å². The zero-order valence-corrected chi connectivity index (χ0v) is 18.7. The number of benzene rings is 1.